The van der Waals surface area contributed by atoms with Crippen LogP contribution in [0.4, 0.5) is 5.69 Å². The predicted octanol–water partition coefficient (Wildman–Crippen LogP) is 2.77. The van der Waals surface area contributed by atoms with Crippen LogP contribution in [0.1, 0.15) is 18.9 Å². The summed E-state index contributed by atoms with van der Waals surface area (Å²) in [6, 6.07) is 8.08. The highest BCUT2D eigenvalue weighted by Gasteiger charge is 2.06. The predicted molar refractivity (Wildman–Crippen MR) is 69.7 cm³/mol. The SMILES string of the molecule is CCN(CCC#N)Cc1ccc(Br)cc1N. The van der Waals surface area contributed by atoms with Crippen molar-refractivity contribution in [2.75, 3.05) is 18.8 Å². The maximum atomic E-state index is 8.56. The third-order valence-corrected chi connectivity index (χ3v) is 2.98. The number of hydrogen-bond acceptors (Lipinski definition) is 3. The van der Waals surface area contributed by atoms with E-state index in [-0.39, 0.29) is 0 Å². The summed E-state index contributed by atoms with van der Waals surface area (Å²) in [6.45, 7) is 4.61. The highest BCUT2D eigenvalue weighted by Crippen LogP contribution is 2.19. The first kappa shape index (κ1) is 13.0. The van der Waals surface area contributed by atoms with Crippen molar-refractivity contribution in [1.82, 2.24) is 4.90 Å². The van der Waals surface area contributed by atoms with Crippen LogP contribution in [0.15, 0.2) is 22.7 Å². The van der Waals surface area contributed by atoms with Crippen molar-refractivity contribution >= 4 is 21.6 Å². The molecule has 0 amide bonds. The molecule has 86 valence electrons. The van der Waals surface area contributed by atoms with Gasteiger partial charge < -0.3 is 5.73 Å². The summed E-state index contributed by atoms with van der Waals surface area (Å²) in [5, 5.41) is 8.56. The molecule has 0 fully saturated rings. The third-order valence-electron chi connectivity index (χ3n) is 2.49. The van der Waals surface area contributed by atoms with Crippen molar-refractivity contribution in [1.29, 1.82) is 5.26 Å². The summed E-state index contributed by atoms with van der Waals surface area (Å²) in [5.74, 6) is 0. The van der Waals surface area contributed by atoms with E-state index in [1.54, 1.807) is 0 Å². The maximum absolute atomic E-state index is 8.56. The molecule has 0 atom stereocenters. The molecule has 0 aliphatic heterocycles. The number of hydrogen-bond donors (Lipinski definition) is 1. The number of rotatable bonds is 5. The third kappa shape index (κ3) is 3.84. The second kappa shape index (κ2) is 6.51. The van der Waals surface area contributed by atoms with Crippen molar-refractivity contribution in [3.63, 3.8) is 0 Å². The average molecular weight is 282 g/mol. The topological polar surface area (TPSA) is 53.0 Å². The molecule has 0 aliphatic rings. The van der Waals surface area contributed by atoms with Gasteiger partial charge in [0.15, 0.2) is 0 Å². The van der Waals surface area contributed by atoms with Gasteiger partial charge in [-0.25, -0.2) is 0 Å². The van der Waals surface area contributed by atoms with E-state index in [0.717, 1.165) is 35.4 Å². The van der Waals surface area contributed by atoms with E-state index in [1.807, 2.05) is 18.2 Å². The van der Waals surface area contributed by atoms with Crippen molar-refractivity contribution in [3.8, 4) is 6.07 Å². The van der Waals surface area contributed by atoms with Crippen LogP contribution in [-0.4, -0.2) is 18.0 Å². The maximum Gasteiger partial charge on any atom is 0.0635 e. The minimum absolute atomic E-state index is 0.560. The molecular formula is C12H16BrN3. The molecule has 1 aromatic carbocycles. The van der Waals surface area contributed by atoms with Crippen LogP contribution in [0.2, 0.25) is 0 Å². The van der Waals surface area contributed by atoms with E-state index in [9.17, 15) is 0 Å². The number of nitrogen functional groups attached to an aromatic ring is 1. The van der Waals surface area contributed by atoms with Crippen LogP contribution >= 0.6 is 15.9 Å². The van der Waals surface area contributed by atoms with Crippen LogP contribution in [0, 0.1) is 11.3 Å². The van der Waals surface area contributed by atoms with Crippen LogP contribution in [0.25, 0.3) is 0 Å². The summed E-state index contributed by atoms with van der Waals surface area (Å²) in [5.41, 5.74) is 7.84. The van der Waals surface area contributed by atoms with E-state index < -0.39 is 0 Å². The molecule has 0 aromatic heterocycles. The molecule has 1 rings (SSSR count). The van der Waals surface area contributed by atoms with Crippen LogP contribution < -0.4 is 5.73 Å². The molecule has 0 heterocycles. The Morgan fingerprint density at radius 3 is 2.81 bits per heavy atom. The molecule has 0 unspecified atom stereocenters. The minimum Gasteiger partial charge on any atom is -0.398 e. The van der Waals surface area contributed by atoms with Crippen LogP contribution in [0.5, 0.6) is 0 Å². The smallest absolute Gasteiger partial charge is 0.0635 e. The van der Waals surface area contributed by atoms with Crippen molar-refractivity contribution < 1.29 is 0 Å². The lowest BCUT2D eigenvalue weighted by Gasteiger charge is -2.19. The summed E-state index contributed by atoms with van der Waals surface area (Å²) >= 11 is 3.38. The quantitative estimate of drug-likeness (QED) is 0.845. The first-order valence-corrected chi connectivity index (χ1v) is 6.10. The summed E-state index contributed by atoms with van der Waals surface area (Å²) in [4.78, 5) is 2.21. The largest absolute Gasteiger partial charge is 0.398 e. The van der Waals surface area contributed by atoms with E-state index >= 15 is 0 Å². The van der Waals surface area contributed by atoms with Gasteiger partial charge in [0.05, 0.1) is 6.07 Å². The van der Waals surface area contributed by atoms with Gasteiger partial charge >= 0.3 is 0 Å². The van der Waals surface area contributed by atoms with E-state index in [4.69, 9.17) is 11.0 Å². The Labute approximate surface area is 105 Å². The first-order valence-electron chi connectivity index (χ1n) is 5.30. The van der Waals surface area contributed by atoms with Crippen LogP contribution in [-0.2, 0) is 6.54 Å². The van der Waals surface area contributed by atoms with Gasteiger partial charge in [-0.05, 0) is 24.2 Å². The van der Waals surface area contributed by atoms with E-state index in [0.29, 0.717) is 6.42 Å². The molecule has 16 heavy (non-hydrogen) atoms. The van der Waals surface area contributed by atoms with Gasteiger partial charge in [0, 0.05) is 29.7 Å². The van der Waals surface area contributed by atoms with Gasteiger partial charge in [0.1, 0.15) is 0 Å². The van der Waals surface area contributed by atoms with Crippen molar-refractivity contribution in [2.24, 2.45) is 0 Å². The Hall–Kier alpha value is -1.05. The summed E-state index contributed by atoms with van der Waals surface area (Å²) in [6.07, 6.45) is 0.560. The number of anilines is 1. The van der Waals surface area contributed by atoms with E-state index in [1.165, 1.54) is 0 Å². The minimum atomic E-state index is 0.560. The molecule has 0 spiro atoms. The fourth-order valence-corrected chi connectivity index (χ4v) is 1.89. The number of benzene rings is 1. The molecule has 0 radical (unpaired) electrons. The van der Waals surface area contributed by atoms with Gasteiger partial charge in [-0.3, -0.25) is 4.90 Å². The normalized spacial score (nSPS) is 10.4. The van der Waals surface area contributed by atoms with Gasteiger partial charge in [-0.2, -0.15) is 5.26 Å². The highest BCUT2D eigenvalue weighted by molar-refractivity contribution is 9.10. The first-order chi connectivity index (χ1) is 7.67. The van der Waals surface area contributed by atoms with Gasteiger partial charge in [-0.15, -0.1) is 0 Å². The van der Waals surface area contributed by atoms with Gasteiger partial charge in [-0.1, -0.05) is 28.9 Å². The second-order valence-electron chi connectivity index (χ2n) is 3.62. The summed E-state index contributed by atoms with van der Waals surface area (Å²) < 4.78 is 0.994. The molecule has 0 saturated carbocycles. The zero-order valence-electron chi connectivity index (χ0n) is 9.41. The molecule has 0 aliphatic carbocycles. The molecule has 1 aromatic rings. The van der Waals surface area contributed by atoms with Crippen LogP contribution in [0.3, 0.4) is 0 Å². The fourth-order valence-electron chi connectivity index (χ4n) is 1.51. The fraction of sp³-hybridized carbons (Fsp3) is 0.417. The number of halogens is 1. The Morgan fingerprint density at radius 2 is 2.25 bits per heavy atom. The number of nitriles is 1. The monoisotopic (exact) mass is 281 g/mol. The molecule has 0 bridgehead atoms. The summed E-state index contributed by atoms with van der Waals surface area (Å²) in [7, 11) is 0. The second-order valence-corrected chi connectivity index (χ2v) is 4.54. The zero-order chi connectivity index (χ0) is 12.0. The molecular weight excluding hydrogens is 266 g/mol. The molecule has 4 heteroatoms. The van der Waals surface area contributed by atoms with Gasteiger partial charge in [0.2, 0.25) is 0 Å². The highest BCUT2D eigenvalue weighted by atomic mass is 79.9. The molecule has 3 nitrogen and oxygen atoms in total. The molecule has 0 saturated heterocycles. The number of nitrogens with zero attached hydrogens (tertiary/aromatic N) is 2. The lowest BCUT2D eigenvalue weighted by atomic mass is 10.1. The Morgan fingerprint density at radius 1 is 1.50 bits per heavy atom. The molecule has 2 N–H and O–H groups in total. The number of nitrogens with two attached hydrogens (primary N) is 1. The Balaban J connectivity index is 2.67. The van der Waals surface area contributed by atoms with Crippen molar-refractivity contribution in [3.05, 3.63) is 28.2 Å². The van der Waals surface area contributed by atoms with E-state index in [2.05, 4.69) is 33.8 Å². The lowest BCUT2D eigenvalue weighted by molar-refractivity contribution is 0.287. The van der Waals surface area contributed by atoms with Crippen molar-refractivity contribution in [2.45, 2.75) is 19.9 Å². The zero-order valence-corrected chi connectivity index (χ0v) is 11.0. The standard InChI is InChI=1S/C12H16BrN3/c1-2-16(7-3-6-14)9-10-4-5-11(13)8-12(10)15/h4-5,8H,2-3,7,9,15H2,1H3. The average Bonchev–Trinajstić information content (AvgIpc) is 2.27. The van der Waals surface area contributed by atoms with Gasteiger partial charge in [0.25, 0.3) is 0 Å². The Kier molecular flexibility index (Phi) is 5.30. The Bertz CT molecular complexity index is 384. The lowest BCUT2D eigenvalue weighted by Crippen LogP contribution is -2.24.